The summed E-state index contributed by atoms with van der Waals surface area (Å²) in [5.74, 6) is -0.999. The van der Waals surface area contributed by atoms with Crippen molar-refractivity contribution in [2.45, 2.75) is 19.6 Å². The van der Waals surface area contributed by atoms with Gasteiger partial charge in [0.15, 0.2) is 0 Å². The molecule has 0 unspecified atom stereocenters. The Bertz CT molecular complexity index is 1220. The van der Waals surface area contributed by atoms with Crippen LogP contribution in [-0.4, -0.2) is 16.1 Å². The molecule has 0 saturated heterocycles. The second kappa shape index (κ2) is 8.34. The first-order valence-corrected chi connectivity index (χ1v) is 9.33. The number of fused-ring (bicyclic) bond motifs is 1. The average molecular weight is 406 g/mol. The number of ether oxygens (including phenoxy) is 1. The molecule has 0 radical (unpaired) electrons. The quantitative estimate of drug-likeness (QED) is 0.475. The number of nitrogens with two attached hydrogens (primary N) is 1. The summed E-state index contributed by atoms with van der Waals surface area (Å²) in [4.78, 5) is 15.3. The molecule has 2 aromatic heterocycles. The molecule has 0 aliphatic rings. The lowest BCUT2D eigenvalue weighted by Gasteiger charge is -2.13. The fourth-order valence-corrected chi connectivity index (χ4v) is 3.35. The van der Waals surface area contributed by atoms with Crippen LogP contribution in [0.25, 0.3) is 22.1 Å². The first-order chi connectivity index (χ1) is 14.6. The van der Waals surface area contributed by atoms with Gasteiger partial charge in [0.05, 0.1) is 23.8 Å². The van der Waals surface area contributed by atoms with E-state index in [2.05, 4.69) is 4.98 Å². The number of aromatic nitrogens is 1. The molecule has 2 aromatic carbocycles. The van der Waals surface area contributed by atoms with Gasteiger partial charge in [-0.25, -0.2) is 4.39 Å². The minimum atomic E-state index is -0.965. The molecule has 0 spiro atoms. The minimum Gasteiger partial charge on any atom is -0.488 e. The summed E-state index contributed by atoms with van der Waals surface area (Å²) >= 11 is 0. The van der Waals surface area contributed by atoms with Crippen molar-refractivity contribution in [3.05, 3.63) is 83.6 Å². The maximum Gasteiger partial charge on any atom is 0.307 e. The van der Waals surface area contributed by atoms with Crippen LogP contribution in [0, 0.1) is 5.82 Å². The van der Waals surface area contributed by atoms with Crippen LogP contribution < -0.4 is 10.5 Å². The lowest BCUT2D eigenvalue weighted by Crippen LogP contribution is -2.05. The van der Waals surface area contributed by atoms with Crippen molar-refractivity contribution in [2.75, 3.05) is 0 Å². The number of aliphatic carboxylic acids is 1. The highest BCUT2D eigenvalue weighted by Crippen LogP contribution is 2.34. The molecule has 0 bridgehead atoms. The van der Waals surface area contributed by atoms with Crippen molar-refractivity contribution in [3.8, 4) is 16.9 Å². The van der Waals surface area contributed by atoms with E-state index in [1.54, 1.807) is 48.7 Å². The molecule has 6 nitrogen and oxygen atoms in total. The van der Waals surface area contributed by atoms with Gasteiger partial charge in [-0.05, 0) is 35.9 Å². The van der Waals surface area contributed by atoms with Crippen LogP contribution in [0.2, 0.25) is 0 Å². The monoisotopic (exact) mass is 406 g/mol. The molecule has 0 aliphatic heterocycles. The first kappa shape index (κ1) is 19.6. The molecular formula is C23H19FN2O4. The van der Waals surface area contributed by atoms with Crippen LogP contribution in [0.15, 0.2) is 65.4 Å². The Morgan fingerprint density at radius 1 is 1.17 bits per heavy atom. The highest BCUT2D eigenvalue weighted by molar-refractivity contribution is 5.93. The molecule has 7 heteroatoms. The Labute approximate surface area is 171 Å². The highest BCUT2D eigenvalue weighted by Gasteiger charge is 2.17. The molecular weight excluding hydrogens is 387 g/mol. The van der Waals surface area contributed by atoms with Crippen LogP contribution in [0.4, 0.5) is 4.39 Å². The number of halogens is 1. The van der Waals surface area contributed by atoms with Crippen LogP contribution in [0.1, 0.15) is 16.8 Å². The van der Waals surface area contributed by atoms with Crippen molar-refractivity contribution in [1.82, 2.24) is 4.98 Å². The van der Waals surface area contributed by atoms with E-state index < -0.39 is 11.8 Å². The van der Waals surface area contributed by atoms with E-state index >= 15 is 4.39 Å². The van der Waals surface area contributed by atoms with Crippen molar-refractivity contribution in [1.29, 1.82) is 0 Å². The van der Waals surface area contributed by atoms with E-state index in [-0.39, 0.29) is 19.6 Å². The lowest BCUT2D eigenvalue weighted by molar-refractivity contribution is -0.136. The Morgan fingerprint density at radius 2 is 2.00 bits per heavy atom. The van der Waals surface area contributed by atoms with Gasteiger partial charge in [0.25, 0.3) is 0 Å². The van der Waals surface area contributed by atoms with Gasteiger partial charge in [-0.1, -0.05) is 18.2 Å². The molecule has 30 heavy (non-hydrogen) atoms. The molecule has 152 valence electrons. The zero-order valence-electron chi connectivity index (χ0n) is 16.0. The van der Waals surface area contributed by atoms with E-state index in [1.165, 1.54) is 6.26 Å². The van der Waals surface area contributed by atoms with Crippen LogP contribution in [-0.2, 0) is 24.4 Å². The molecule has 0 amide bonds. The first-order valence-electron chi connectivity index (χ1n) is 9.33. The normalized spacial score (nSPS) is 11.0. The SMILES string of the molecule is NCc1cc(-c2cc(COc3ccccc3CC(=O)O)c(F)c3ccoc23)ccn1. The molecule has 0 atom stereocenters. The molecule has 0 fully saturated rings. The van der Waals surface area contributed by atoms with Gasteiger partial charge < -0.3 is 20.0 Å². The summed E-state index contributed by atoms with van der Waals surface area (Å²) in [6.45, 7) is 0.220. The number of para-hydroxylation sites is 1. The summed E-state index contributed by atoms with van der Waals surface area (Å²) < 4.78 is 26.4. The highest BCUT2D eigenvalue weighted by atomic mass is 19.1. The number of rotatable bonds is 7. The number of carboxylic acid groups (broad SMARTS) is 1. The maximum absolute atomic E-state index is 15.1. The molecule has 0 aliphatic carbocycles. The topological polar surface area (TPSA) is 98.6 Å². The summed E-state index contributed by atoms with van der Waals surface area (Å²) in [6.07, 6.45) is 2.91. The Kier molecular flexibility index (Phi) is 5.45. The number of furan rings is 1. The molecule has 4 aromatic rings. The average Bonchev–Trinajstić information content (AvgIpc) is 3.24. The molecule has 4 rings (SSSR count). The van der Waals surface area contributed by atoms with E-state index in [4.69, 9.17) is 20.0 Å². The second-order valence-corrected chi connectivity index (χ2v) is 6.77. The predicted octanol–water partition coefficient (Wildman–Crippen LogP) is 4.30. The Balaban J connectivity index is 1.72. The number of nitrogens with zero attached hydrogens (tertiary/aromatic N) is 1. The minimum absolute atomic E-state index is 0.0641. The van der Waals surface area contributed by atoms with Gasteiger partial charge >= 0.3 is 5.97 Å². The molecule has 3 N–H and O–H groups in total. The fraction of sp³-hybridized carbons (Fsp3) is 0.130. The van der Waals surface area contributed by atoms with E-state index in [1.807, 2.05) is 6.07 Å². The van der Waals surface area contributed by atoms with Crippen molar-refractivity contribution in [2.24, 2.45) is 5.73 Å². The van der Waals surface area contributed by atoms with Gasteiger partial charge in [0, 0.05) is 29.4 Å². The van der Waals surface area contributed by atoms with E-state index in [0.29, 0.717) is 39.1 Å². The third kappa shape index (κ3) is 3.88. The van der Waals surface area contributed by atoms with Crippen molar-refractivity contribution < 1.29 is 23.4 Å². The largest absolute Gasteiger partial charge is 0.488 e. The number of benzene rings is 2. The second-order valence-electron chi connectivity index (χ2n) is 6.77. The van der Waals surface area contributed by atoms with E-state index in [9.17, 15) is 4.79 Å². The fourth-order valence-electron chi connectivity index (χ4n) is 3.35. The number of hydrogen-bond donors (Lipinski definition) is 2. The summed E-state index contributed by atoms with van der Waals surface area (Å²) in [5, 5.41) is 9.42. The number of pyridine rings is 1. The zero-order valence-corrected chi connectivity index (χ0v) is 16.0. The van der Waals surface area contributed by atoms with Crippen molar-refractivity contribution in [3.63, 3.8) is 0 Å². The van der Waals surface area contributed by atoms with E-state index in [0.717, 1.165) is 5.56 Å². The lowest BCUT2D eigenvalue weighted by atomic mass is 10.00. The van der Waals surface area contributed by atoms with Gasteiger partial charge in [-0.3, -0.25) is 9.78 Å². The van der Waals surface area contributed by atoms with Crippen LogP contribution >= 0.6 is 0 Å². The number of carboxylic acids is 1. The zero-order chi connectivity index (χ0) is 21.1. The van der Waals surface area contributed by atoms with Gasteiger partial charge in [0.1, 0.15) is 23.8 Å². The summed E-state index contributed by atoms with van der Waals surface area (Å²) in [7, 11) is 0. The maximum atomic E-state index is 15.1. The smallest absolute Gasteiger partial charge is 0.307 e. The Morgan fingerprint density at radius 3 is 2.80 bits per heavy atom. The third-order valence-electron chi connectivity index (χ3n) is 4.78. The predicted molar refractivity (Wildman–Crippen MR) is 109 cm³/mol. The van der Waals surface area contributed by atoms with Crippen molar-refractivity contribution >= 4 is 16.9 Å². The summed E-state index contributed by atoms with van der Waals surface area (Å²) in [5.41, 5.74) is 9.19. The number of hydrogen-bond acceptors (Lipinski definition) is 5. The van der Waals surface area contributed by atoms with Gasteiger partial charge in [-0.2, -0.15) is 0 Å². The Hall–Kier alpha value is -3.71. The molecule has 2 heterocycles. The van der Waals surface area contributed by atoms with Crippen LogP contribution in [0.5, 0.6) is 5.75 Å². The van der Waals surface area contributed by atoms with Crippen LogP contribution in [0.3, 0.4) is 0 Å². The molecule has 0 saturated carbocycles. The standard InChI is InChI=1S/C23H19FN2O4/c24-22-16(13-30-20-4-2-1-3-15(20)11-21(27)28)10-19(23-18(22)6-8-29-23)14-5-7-26-17(9-14)12-25/h1-10H,11-13,25H2,(H,27,28). The van der Waals surface area contributed by atoms with Gasteiger partial charge in [0.2, 0.25) is 0 Å². The summed E-state index contributed by atoms with van der Waals surface area (Å²) in [6, 6.07) is 13.7. The van der Waals surface area contributed by atoms with Gasteiger partial charge in [-0.15, -0.1) is 0 Å². The number of carbonyl (C=O) groups is 1. The third-order valence-corrected chi connectivity index (χ3v) is 4.78.